The van der Waals surface area contributed by atoms with Crippen molar-refractivity contribution in [1.29, 1.82) is 0 Å². The Morgan fingerprint density at radius 2 is 1.73 bits per heavy atom. The highest BCUT2D eigenvalue weighted by molar-refractivity contribution is 6.07. The van der Waals surface area contributed by atoms with E-state index in [2.05, 4.69) is 30.9 Å². The molecule has 2 aliphatic rings. The van der Waals surface area contributed by atoms with E-state index >= 15 is 0 Å². The van der Waals surface area contributed by atoms with Crippen molar-refractivity contribution in [3.8, 4) is 0 Å². The van der Waals surface area contributed by atoms with Gasteiger partial charge in [-0.15, -0.1) is 0 Å². The normalized spacial score (nSPS) is 17.0. The lowest BCUT2D eigenvalue weighted by Gasteiger charge is -2.35. The van der Waals surface area contributed by atoms with Gasteiger partial charge in [-0.2, -0.15) is 4.98 Å². The van der Waals surface area contributed by atoms with Gasteiger partial charge in [0.25, 0.3) is 0 Å². The van der Waals surface area contributed by atoms with Crippen LogP contribution in [0.1, 0.15) is 108 Å². The molecule has 1 fully saturated rings. The Balaban J connectivity index is 1.30. The molecule has 3 N–H and O–H groups in total. The van der Waals surface area contributed by atoms with E-state index in [1.807, 2.05) is 53.7 Å². The van der Waals surface area contributed by atoms with Crippen molar-refractivity contribution in [3.05, 3.63) is 65.1 Å². The summed E-state index contributed by atoms with van der Waals surface area (Å²) in [5, 5.41) is 8.75. The van der Waals surface area contributed by atoms with E-state index in [1.165, 1.54) is 11.8 Å². The molecule has 0 unspecified atom stereocenters. The number of benzene rings is 1. The maximum absolute atomic E-state index is 14.4. The molecule has 0 radical (unpaired) electrons. The lowest BCUT2D eigenvalue weighted by molar-refractivity contribution is -0.144. The number of nitrogens with zero attached hydrogens (tertiary/aromatic N) is 6. The fourth-order valence-corrected chi connectivity index (χ4v) is 7.54. The predicted octanol–water partition coefficient (Wildman–Crippen LogP) is 6.05. The van der Waals surface area contributed by atoms with E-state index < -0.39 is 35.4 Å². The number of Topliss-reactive ketones (excluding diaryl/α,β-unsaturated/α-hetero) is 2. The number of hydrogen-bond acceptors (Lipinski definition) is 10. The van der Waals surface area contributed by atoms with Gasteiger partial charge in [0.2, 0.25) is 23.7 Å². The fourth-order valence-electron chi connectivity index (χ4n) is 7.54. The third kappa shape index (κ3) is 10.3. The summed E-state index contributed by atoms with van der Waals surface area (Å²) in [7, 11) is 1.64. The third-order valence-electron chi connectivity index (χ3n) is 11.4. The first kappa shape index (κ1) is 44.4. The first-order chi connectivity index (χ1) is 27.8. The molecule has 0 aliphatic carbocycles. The van der Waals surface area contributed by atoms with Gasteiger partial charge in [0.15, 0.2) is 11.6 Å². The SMILES string of the molecule is CC[C@H](C)[C@H](CC(=O)c1ccc(C)c(N2Cc3cnc(Nc4ccc(C)nc4)nc3N(C)C2=O)c1)C(=O)N1CCC[C@H]1C(=O)NC(C)(C)C(=O)N[C@@H](CC(C)C)C(C)=O. The molecule has 4 heterocycles. The zero-order chi connectivity index (χ0) is 43.3. The van der Waals surface area contributed by atoms with Gasteiger partial charge in [0.1, 0.15) is 17.4 Å². The lowest BCUT2D eigenvalue weighted by atomic mass is 9.84. The Kier molecular flexibility index (Phi) is 13.9. The summed E-state index contributed by atoms with van der Waals surface area (Å²) < 4.78 is 0. The summed E-state index contributed by atoms with van der Waals surface area (Å²) in [5.41, 5.74) is 2.66. The van der Waals surface area contributed by atoms with Crippen LogP contribution < -0.4 is 25.8 Å². The highest BCUT2D eigenvalue weighted by Crippen LogP contribution is 2.34. The lowest BCUT2D eigenvalue weighted by Crippen LogP contribution is -2.61. The minimum atomic E-state index is -1.35. The molecule has 3 aromatic rings. The topological polar surface area (TPSA) is 187 Å². The second kappa shape index (κ2) is 18.5. The van der Waals surface area contributed by atoms with Crippen LogP contribution in [0.4, 0.5) is 27.9 Å². The summed E-state index contributed by atoms with van der Waals surface area (Å²) in [5.74, 6) is -1.58. The van der Waals surface area contributed by atoms with Gasteiger partial charge in [-0.05, 0) is 89.5 Å². The minimum absolute atomic E-state index is 0.0891. The molecule has 1 aromatic carbocycles. The molecular formula is C44H59N9O6. The Hall–Kier alpha value is -5.73. The Morgan fingerprint density at radius 1 is 1.00 bits per heavy atom. The van der Waals surface area contributed by atoms with Gasteiger partial charge in [0.05, 0.1) is 24.5 Å². The summed E-state index contributed by atoms with van der Waals surface area (Å²) in [6, 6.07) is 7.13. The van der Waals surface area contributed by atoms with Crippen LogP contribution in [0.3, 0.4) is 0 Å². The Bertz CT molecular complexity index is 2080. The second-order valence-corrected chi connectivity index (χ2v) is 17.0. The summed E-state index contributed by atoms with van der Waals surface area (Å²) >= 11 is 0. The van der Waals surface area contributed by atoms with E-state index in [-0.39, 0.29) is 48.3 Å². The second-order valence-electron chi connectivity index (χ2n) is 17.0. The number of fused-ring (bicyclic) bond motifs is 1. The highest BCUT2D eigenvalue weighted by atomic mass is 16.2. The van der Waals surface area contributed by atoms with Crippen LogP contribution in [-0.2, 0) is 25.7 Å². The quantitative estimate of drug-likeness (QED) is 0.144. The number of amides is 5. The van der Waals surface area contributed by atoms with Crippen LogP contribution in [0.5, 0.6) is 0 Å². The maximum Gasteiger partial charge on any atom is 0.330 e. The van der Waals surface area contributed by atoms with Crippen molar-refractivity contribution in [1.82, 2.24) is 30.5 Å². The number of nitrogens with one attached hydrogen (secondary N) is 3. The molecule has 0 saturated carbocycles. The van der Waals surface area contributed by atoms with E-state index in [1.54, 1.807) is 61.3 Å². The number of carbonyl (C=O) groups excluding carboxylic acids is 6. The van der Waals surface area contributed by atoms with Crippen molar-refractivity contribution in [2.45, 2.75) is 119 Å². The number of hydrogen-bond donors (Lipinski definition) is 3. The molecule has 2 aliphatic heterocycles. The van der Waals surface area contributed by atoms with Gasteiger partial charge >= 0.3 is 6.03 Å². The molecule has 2 aromatic heterocycles. The van der Waals surface area contributed by atoms with Crippen LogP contribution in [0.25, 0.3) is 0 Å². The van der Waals surface area contributed by atoms with Crippen LogP contribution >= 0.6 is 0 Å². The largest absolute Gasteiger partial charge is 0.344 e. The molecule has 5 amide bonds. The van der Waals surface area contributed by atoms with Gasteiger partial charge in [-0.1, -0.05) is 46.2 Å². The van der Waals surface area contributed by atoms with Gasteiger partial charge < -0.3 is 20.9 Å². The predicted molar refractivity (Wildman–Crippen MR) is 226 cm³/mol. The standard InChI is InChI=1S/C44H59N9O6/c1-11-26(4)33(40(57)52-18-12-13-35(52)39(56)50-44(8,9)41(58)48-34(29(7)54)19-25(2)3)21-37(55)30-16-14-27(5)36(20-30)53-24-31-22-46-42(49-38(31)51(10)43(53)59)47-32-17-15-28(6)45-23-32/h14-17,20,22-23,25-26,33-35H,11-13,18-19,21,24H2,1-10H3,(H,48,58)(H,50,56)(H,46,47,49)/t26-,33-,34-,35-/m0/s1. The summed E-state index contributed by atoms with van der Waals surface area (Å²) in [6.45, 7) is 16.7. The molecule has 0 bridgehead atoms. The van der Waals surface area contributed by atoms with Crippen molar-refractivity contribution in [2.24, 2.45) is 17.8 Å². The minimum Gasteiger partial charge on any atom is -0.344 e. The van der Waals surface area contributed by atoms with Crippen LogP contribution in [-0.4, -0.2) is 86.4 Å². The number of likely N-dealkylation sites (tertiary alicyclic amines) is 1. The van der Waals surface area contributed by atoms with Gasteiger partial charge in [-0.25, -0.2) is 9.78 Å². The van der Waals surface area contributed by atoms with Gasteiger partial charge in [0, 0.05) is 54.6 Å². The molecule has 4 atom stereocenters. The summed E-state index contributed by atoms with van der Waals surface area (Å²) in [4.78, 5) is 99.6. The number of rotatable bonds is 16. The van der Waals surface area contributed by atoms with Crippen LogP contribution in [0, 0.1) is 31.6 Å². The number of anilines is 4. The fraction of sp³-hybridized carbons (Fsp3) is 0.523. The van der Waals surface area contributed by atoms with Crippen LogP contribution in [0.2, 0.25) is 0 Å². The number of carbonyl (C=O) groups is 6. The number of urea groups is 1. The van der Waals surface area contributed by atoms with Crippen molar-refractivity contribution < 1.29 is 28.8 Å². The molecule has 0 spiro atoms. The molecule has 5 rings (SSSR count). The highest BCUT2D eigenvalue weighted by Gasteiger charge is 2.42. The van der Waals surface area contributed by atoms with Crippen molar-refractivity contribution in [3.63, 3.8) is 0 Å². The van der Waals surface area contributed by atoms with Crippen molar-refractivity contribution in [2.75, 3.05) is 28.7 Å². The average Bonchev–Trinajstić information content (AvgIpc) is 3.69. The Labute approximate surface area is 347 Å². The van der Waals surface area contributed by atoms with E-state index in [4.69, 9.17) is 0 Å². The molecular weight excluding hydrogens is 751 g/mol. The van der Waals surface area contributed by atoms with E-state index in [9.17, 15) is 28.8 Å². The smallest absolute Gasteiger partial charge is 0.330 e. The van der Waals surface area contributed by atoms with Crippen LogP contribution in [0.15, 0.2) is 42.7 Å². The summed E-state index contributed by atoms with van der Waals surface area (Å²) in [6.07, 6.45) is 5.37. The van der Waals surface area contributed by atoms with Gasteiger partial charge in [-0.3, -0.25) is 38.8 Å². The van der Waals surface area contributed by atoms with E-state index in [0.29, 0.717) is 60.9 Å². The first-order valence-electron chi connectivity index (χ1n) is 20.5. The first-order valence-corrected chi connectivity index (χ1v) is 20.5. The molecule has 59 heavy (non-hydrogen) atoms. The number of ketones is 2. The number of aryl methyl sites for hydroxylation is 2. The molecule has 15 nitrogen and oxygen atoms in total. The zero-order valence-electron chi connectivity index (χ0n) is 36.0. The zero-order valence-corrected chi connectivity index (χ0v) is 36.0. The van der Waals surface area contributed by atoms with E-state index in [0.717, 1.165) is 16.8 Å². The molecule has 1 saturated heterocycles. The average molecular weight is 810 g/mol. The van der Waals surface area contributed by atoms with Crippen molar-refractivity contribution >= 4 is 58.5 Å². The Morgan fingerprint density at radius 3 is 2.37 bits per heavy atom. The number of aromatic nitrogens is 3. The molecule has 316 valence electrons. The monoisotopic (exact) mass is 809 g/mol. The third-order valence-corrected chi connectivity index (χ3v) is 11.4. The number of pyridine rings is 1. The molecule has 15 heteroatoms. The maximum atomic E-state index is 14.4.